The van der Waals surface area contributed by atoms with E-state index < -0.39 is 5.97 Å². The number of piperidine rings is 1. The van der Waals surface area contributed by atoms with Crippen LogP contribution in [0.5, 0.6) is 11.5 Å². The smallest absolute Gasteiger partial charge is 0.304 e. The summed E-state index contributed by atoms with van der Waals surface area (Å²) in [5.74, 6) is 3.69. The minimum absolute atomic E-state index is 0.0698. The zero-order chi connectivity index (χ0) is 18.4. The van der Waals surface area contributed by atoms with Crippen molar-refractivity contribution >= 4 is 5.97 Å². The first-order chi connectivity index (χ1) is 12.6. The number of aliphatic carboxylic acids is 1. The molecule has 1 aromatic carbocycles. The Morgan fingerprint density at radius 1 is 1.35 bits per heavy atom. The summed E-state index contributed by atoms with van der Waals surface area (Å²) >= 11 is 0. The number of carboxylic acids is 1. The van der Waals surface area contributed by atoms with E-state index in [4.69, 9.17) is 21.0 Å². The summed E-state index contributed by atoms with van der Waals surface area (Å²) in [6.45, 7) is 3.85. The summed E-state index contributed by atoms with van der Waals surface area (Å²) in [5, 5.41) is 8.84. The van der Waals surface area contributed by atoms with E-state index in [0.29, 0.717) is 19.8 Å². The highest BCUT2D eigenvalue weighted by atomic mass is 16.5. The van der Waals surface area contributed by atoms with Crippen molar-refractivity contribution < 1.29 is 19.4 Å². The van der Waals surface area contributed by atoms with E-state index in [-0.39, 0.29) is 11.8 Å². The van der Waals surface area contributed by atoms with Gasteiger partial charge in [0.05, 0.1) is 19.6 Å². The SMILES string of the molecule is C#CCCCCOc1ccc2c(c1)OCC21CCN(CCC(=O)O)CC1. The number of benzene rings is 1. The fourth-order valence-corrected chi connectivity index (χ4v) is 3.83. The van der Waals surface area contributed by atoms with Crippen LogP contribution < -0.4 is 9.47 Å². The largest absolute Gasteiger partial charge is 0.493 e. The summed E-state index contributed by atoms with van der Waals surface area (Å²) in [5.41, 5.74) is 1.34. The van der Waals surface area contributed by atoms with Crippen LogP contribution in [-0.2, 0) is 10.2 Å². The van der Waals surface area contributed by atoms with E-state index in [1.165, 1.54) is 5.56 Å². The Morgan fingerprint density at radius 3 is 2.88 bits per heavy atom. The highest BCUT2D eigenvalue weighted by molar-refractivity contribution is 5.66. The Kier molecular flexibility index (Phi) is 6.05. The molecule has 2 aliphatic heterocycles. The van der Waals surface area contributed by atoms with Crippen molar-refractivity contribution in [2.45, 2.75) is 43.9 Å². The lowest BCUT2D eigenvalue weighted by Crippen LogP contribution is -2.44. The predicted molar refractivity (Wildman–Crippen MR) is 99.7 cm³/mol. The van der Waals surface area contributed by atoms with Gasteiger partial charge in [0, 0.05) is 30.0 Å². The maximum absolute atomic E-state index is 10.7. The minimum atomic E-state index is -0.730. The molecule has 26 heavy (non-hydrogen) atoms. The molecule has 1 aromatic rings. The average molecular weight is 357 g/mol. The van der Waals surface area contributed by atoms with Gasteiger partial charge in [0.1, 0.15) is 11.5 Å². The zero-order valence-electron chi connectivity index (χ0n) is 15.2. The van der Waals surface area contributed by atoms with E-state index >= 15 is 0 Å². The summed E-state index contributed by atoms with van der Waals surface area (Å²) in [6.07, 6.45) is 10.2. The van der Waals surface area contributed by atoms with Gasteiger partial charge in [-0.25, -0.2) is 0 Å². The maximum atomic E-state index is 10.7. The van der Waals surface area contributed by atoms with Crippen molar-refractivity contribution in [3.8, 4) is 23.8 Å². The second kappa shape index (κ2) is 8.46. The quantitative estimate of drug-likeness (QED) is 0.572. The fourth-order valence-electron chi connectivity index (χ4n) is 3.83. The second-order valence-corrected chi connectivity index (χ2v) is 7.22. The molecule has 0 amide bonds. The number of terminal acetylenes is 1. The van der Waals surface area contributed by atoms with Gasteiger partial charge in [-0.15, -0.1) is 12.3 Å². The topological polar surface area (TPSA) is 59.0 Å². The van der Waals surface area contributed by atoms with Gasteiger partial charge in [-0.1, -0.05) is 6.07 Å². The zero-order valence-corrected chi connectivity index (χ0v) is 15.2. The summed E-state index contributed by atoms with van der Waals surface area (Å²) < 4.78 is 11.8. The molecule has 0 saturated carbocycles. The molecule has 0 aromatic heterocycles. The molecule has 1 saturated heterocycles. The van der Waals surface area contributed by atoms with Gasteiger partial charge >= 0.3 is 5.97 Å². The van der Waals surface area contributed by atoms with Crippen LogP contribution in [0.3, 0.4) is 0 Å². The number of hydrogen-bond acceptors (Lipinski definition) is 4. The Morgan fingerprint density at radius 2 is 2.15 bits per heavy atom. The van der Waals surface area contributed by atoms with Crippen LogP contribution in [0.2, 0.25) is 0 Å². The third kappa shape index (κ3) is 4.31. The molecule has 1 fully saturated rings. The van der Waals surface area contributed by atoms with E-state index in [1.807, 2.05) is 12.1 Å². The first kappa shape index (κ1) is 18.6. The van der Waals surface area contributed by atoms with Gasteiger partial charge < -0.3 is 19.5 Å². The molecule has 5 heteroatoms. The average Bonchev–Trinajstić information content (AvgIpc) is 2.99. The second-order valence-electron chi connectivity index (χ2n) is 7.22. The van der Waals surface area contributed by atoms with Crippen LogP contribution in [0, 0.1) is 12.3 Å². The maximum Gasteiger partial charge on any atom is 0.304 e. The molecule has 0 atom stereocenters. The molecule has 1 N–H and O–H groups in total. The van der Waals surface area contributed by atoms with Crippen LogP contribution in [-0.4, -0.2) is 48.8 Å². The number of unbranched alkanes of at least 4 members (excludes halogenated alkanes) is 2. The summed E-state index contributed by atoms with van der Waals surface area (Å²) in [6, 6.07) is 6.18. The molecule has 140 valence electrons. The number of ether oxygens (including phenoxy) is 2. The molecule has 0 bridgehead atoms. The number of hydrogen-bond donors (Lipinski definition) is 1. The number of carboxylic acid groups (broad SMARTS) is 1. The number of fused-ring (bicyclic) bond motifs is 2. The molecular weight excluding hydrogens is 330 g/mol. The van der Waals surface area contributed by atoms with Crippen LogP contribution in [0.1, 0.15) is 44.1 Å². The highest BCUT2D eigenvalue weighted by Gasteiger charge is 2.43. The van der Waals surface area contributed by atoms with Crippen LogP contribution in [0.4, 0.5) is 0 Å². The summed E-state index contributed by atoms with van der Waals surface area (Å²) in [7, 11) is 0. The number of nitrogens with zero attached hydrogens (tertiary/aromatic N) is 1. The minimum Gasteiger partial charge on any atom is -0.493 e. The summed E-state index contributed by atoms with van der Waals surface area (Å²) in [4.78, 5) is 13.0. The molecule has 2 aliphatic rings. The van der Waals surface area contributed by atoms with Gasteiger partial charge in [-0.05, 0) is 44.8 Å². The third-order valence-corrected chi connectivity index (χ3v) is 5.47. The molecule has 2 heterocycles. The van der Waals surface area contributed by atoms with Gasteiger partial charge in [-0.2, -0.15) is 0 Å². The monoisotopic (exact) mass is 357 g/mol. The fraction of sp³-hybridized carbons (Fsp3) is 0.571. The molecule has 3 rings (SSSR count). The van der Waals surface area contributed by atoms with Crippen LogP contribution in [0.15, 0.2) is 18.2 Å². The molecule has 5 nitrogen and oxygen atoms in total. The number of rotatable bonds is 8. The predicted octanol–water partition coefficient (Wildman–Crippen LogP) is 3.07. The van der Waals surface area contributed by atoms with Crippen molar-refractivity contribution in [2.75, 3.05) is 32.8 Å². The number of likely N-dealkylation sites (tertiary alicyclic amines) is 1. The Bertz CT molecular complexity index is 671. The van der Waals surface area contributed by atoms with Crippen molar-refractivity contribution in [3.05, 3.63) is 23.8 Å². The van der Waals surface area contributed by atoms with E-state index in [0.717, 1.165) is 56.7 Å². The lowest BCUT2D eigenvalue weighted by molar-refractivity contribution is -0.137. The molecular formula is C21H27NO4. The van der Waals surface area contributed by atoms with Gasteiger partial charge in [-0.3, -0.25) is 4.79 Å². The third-order valence-electron chi connectivity index (χ3n) is 5.47. The first-order valence-electron chi connectivity index (χ1n) is 9.41. The van der Waals surface area contributed by atoms with Crippen molar-refractivity contribution in [3.63, 3.8) is 0 Å². The van der Waals surface area contributed by atoms with Crippen molar-refractivity contribution in [1.82, 2.24) is 4.90 Å². The molecule has 1 spiro atoms. The van der Waals surface area contributed by atoms with Gasteiger partial charge in [0.25, 0.3) is 0 Å². The van der Waals surface area contributed by atoms with Crippen LogP contribution >= 0.6 is 0 Å². The molecule has 0 radical (unpaired) electrons. The Balaban J connectivity index is 1.55. The van der Waals surface area contributed by atoms with Gasteiger partial charge in [0.15, 0.2) is 0 Å². The molecule has 0 unspecified atom stereocenters. The Labute approximate surface area is 155 Å². The van der Waals surface area contributed by atoms with Crippen LogP contribution in [0.25, 0.3) is 0 Å². The van der Waals surface area contributed by atoms with E-state index in [2.05, 4.69) is 16.9 Å². The Hall–Kier alpha value is -2.19. The van der Waals surface area contributed by atoms with Crippen molar-refractivity contribution in [1.29, 1.82) is 0 Å². The van der Waals surface area contributed by atoms with Crippen molar-refractivity contribution in [2.24, 2.45) is 0 Å². The van der Waals surface area contributed by atoms with E-state index in [1.54, 1.807) is 0 Å². The van der Waals surface area contributed by atoms with Gasteiger partial charge in [0.2, 0.25) is 0 Å². The first-order valence-corrected chi connectivity index (χ1v) is 9.41. The lowest BCUT2D eigenvalue weighted by atomic mass is 9.74. The number of carbonyl (C=O) groups is 1. The highest BCUT2D eigenvalue weighted by Crippen LogP contribution is 2.46. The van der Waals surface area contributed by atoms with E-state index in [9.17, 15) is 4.79 Å². The standard InChI is InChI=1S/C21H27NO4/c1-2-3-4-5-14-25-17-6-7-18-19(15-17)26-16-21(18)9-12-22(13-10-21)11-8-20(23)24/h1,6-7,15H,3-5,8-14,16H2,(H,23,24). The molecule has 0 aliphatic carbocycles. The normalized spacial score (nSPS) is 18.1. The lowest BCUT2D eigenvalue weighted by Gasteiger charge is -2.38.